The maximum absolute atomic E-state index is 13.0. The van der Waals surface area contributed by atoms with Crippen LogP contribution in [0.3, 0.4) is 0 Å². The molecule has 5 aromatic rings. The Bertz CT molecular complexity index is 3230. The number of nitrogens with one attached hydrogen (secondary N) is 3. The number of anilines is 3. The van der Waals surface area contributed by atoms with Crippen LogP contribution in [-0.2, 0) is 47.5 Å². The molecular weight excluding hydrogens is 1820 g/mol. The fourth-order valence-electron chi connectivity index (χ4n) is 5.88. The molecule has 0 saturated carbocycles. The third-order valence-electron chi connectivity index (χ3n) is 10.1. The monoisotopic (exact) mass is 1860 g/mol. The van der Waals surface area contributed by atoms with E-state index in [0.29, 0.717) is 30.3 Å². The molecule has 1 aliphatic heterocycles. The SMILES string of the molecule is CC(O)(CS(=O)(=O)c1ccc(F)cc1)C(=O)Nc1ccc(C#N)c(C(F)(F)F)c1.CC(O)(CSc1ccc(F)cc1)C(=O)Nc1ccc(C#N)c(C(F)(F)F)c1.CC1(C(=O)Nc2ccc(C#N)c(C(F)(F)F)c2)CO1.I.II.I[I-]I. The molecule has 0 spiro atoms. The average molecular weight is 1860 g/mol. The number of sulfone groups is 1. The van der Waals surface area contributed by atoms with Crippen molar-refractivity contribution in [2.75, 3.05) is 34.1 Å². The summed E-state index contributed by atoms with van der Waals surface area (Å²) in [4.78, 5) is 36.4. The number of thioether (sulfide) groups is 1. The minimum absolute atomic E-state index is 0. The van der Waals surface area contributed by atoms with Crippen molar-refractivity contribution in [1.82, 2.24) is 0 Å². The number of halogens is 17. The predicted octanol–water partition coefficient (Wildman–Crippen LogP) is 10.5. The zero-order valence-electron chi connectivity index (χ0n) is 40.9. The van der Waals surface area contributed by atoms with Gasteiger partial charge in [-0.05, 0) is 124 Å². The van der Waals surface area contributed by atoms with E-state index < -0.39 is 114 Å². The van der Waals surface area contributed by atoms with Crippen LogP contribution in [0.2, 0.25) is 0 Å². The minimum atomic E-state index is -4.86. The normalized spacial score (nSPS) is 14.9. The Morgan fingerprint density at radius 1 is 0.642 bits per heavy atom. The van der Waals surface area contributed by atoms with E-state index in [1.165, 1.54) is 62.4 Å². The number of nitriles is 3. The van der Waals surface area contributed by atoms with Crippen LogP contribution in [0.5, 0.6) is 0 Å². The summed E-state index contributed by atoms with van der Waals surface area (Å²) in [5.74, 6) is -5.01. The van der Waals surface area contributed by atoms with Gasteiger partial charge in [0.1, 0.15) is 17.2 Å². The summed E-state index contributed by atoms with van der Waals surface area (Å²) in [6, 6.07) is 21.5. The van der Waals surface area contributed by atoms with E-state index in [0.717, 1.165) is 79.3 Å². The molecule has 0 aliphatic carbocycles. The fourth-order valence-corrected chi connectivity index (χ4v) is 8.37. The molecule has 33 heteroatoms. The second-order valence-electron chi connectivity index (χ2n) is 16.5. The first-order valence-corrected chi connectivity index (χ1v) is 42.7. The molecule has 1 aliphatic rings. The van der Waals surface area contributed by atoms with Crippen molar-refractivity contribution in [2.24, 2.45) is 0 Å². The number of ether oxygens (including phenoxy) is 1. The molecule has 3 amide bonds. The summed E-state index contributed by atoms with van der Waals surface area (Å²) in [6.07, 6.45) is -14.3. The van der Waals surface area contributed by atoms with Gasteiger partial charge in [0, 0.05) is 64.9 Å². The van der Waals surface area contributed by atoms with Crippen molar-refractivity contribution in [1.29, 1.82) is 15.8 Å². The summed E-state index contributed by atoms with van der Waals surface area (Å²) >= 11 is 10.6. The molecular formula is C48H38F11I6N6O8S2-. The third kappa shape index (κ3) is 24.3. The average Bonchev–Trinajstić information content (AvgIpc) is 4.14. The molecule has 3 unspecified atom stereocenters. The number of hydrogen-bond acceptors (Lipinski definition) is 12. The number of carbonyl (C=O) groups excluding carboxylic acids is 3. The van der Waals surface area contributed by atoms with Crippen LogP contribution in [-0.4, -0.2) is 71.3 Å². The maximum atomic E-state index is 13.0. The van der Waals surface area contributed by atoms with Gasteiger partial charge in [-0.15, -0.1) is 35.7 Å². The number of hydrogen-bond donors (Lipinski definition) is 5. The first-order valence-electron chi connectivity index (χ1n) is 21.2. The molecule has 5 aromatic carbocycles. The van der Waals surface area contributed by atoms with Gasteiger partial charge in [-0.2, -0.15) is 55.3 Å². The number of benzene rings is 5. The Balaban J connectivity index is 0.000000590. The van der Waals surface area contributed by atoms with Gasteiger partial charge >= 0.3 is 69.0 Å². The molecule has 0 radical (unpaired) electrons. The topological polar surface area (TPSA) is 246 Å². The third-order valence-corrected chi connectivity index (χ3v) is 13.4. The van der Waals surface area contributed by atoms with Gasteiger partial charge in [0.2, 0.25) is 0 Å². The summed E-state index contributed by atoms with van der Waals surface area (Å²) in [5, 5.41) is 53.3. The number of rotatable bonds is 12. The molecule has 3 atom stereocenters. The van der Waals surface area contributed by atoms with E-state index in [9.17, 15) is 81.3 Å². The number of aliphatic hydroxyl groups is 2. The van der Waals surface area contributed by atoms with Crippen molar-refractivity contribution in [3.63, 3.8) is 0 Å². The van der Waals surface area contributed by atoms with Crippen LogP contribution in [0.25, 0.3) is 0 Å². The van der Waals surface area contributed by atoms with Crippen LogP contribution < -0.4 is 29.2 Å². The molecule has 0 aromatic heterocycles. The summed E-state index contributed by atoms with van der Waals surface area (Å²) < 4.78 is 171. The van der Waals surface area contributed by atoms with E-state index in [2.05, 4.69) is 85.1 Å². The van der Waals surface area contributed by atoms with Crippen LogP contribution in [0.4, 0.5) is 65.4 Å². The first kappa shape index (κ1) is 75.8. The van der Waals surface area contributed by atoms with Crippen LogP contribution in [0.1, 0.15) is 54.2 Å². The molecule has 6 rings (SSSR count). The fraction of sp³-hybridized carbons (Fsp3) is 0.250. The van der Waals surface area contributed by atoms with Gasteiger partial charge in [0.15, 0.2) is 21.0 Å². The molecule has 440 valence electrons. The predicted molar refractivity (Wildman–Crippen MR) is 317 cm³/mol. The van der Waals surface area contributed by atoms with Gasteiger partial charge in [-0.3, -0.25) is 14.4 Å². The number of amides is 3. The number of carbonyl (C=O) groups is 3. The molecule has 81 heavy (non-hydrogen) atoms. The Morgan fingerprint density at radius 2 is 0.963 bits per heavy atom. The summed E-state index contributed by atoms with van der Waals surface area (Å²) in [7, 11) is -4.21. The van der Waals surface area contributed by atoms with Gasteiger partial charge < -0.3 is 30.9 Å². The summed E-state index contributed by atoms with van der Waals surface area (Å²) in [6.45, 7) is 3.86. The van der Waals surface area contributed by atoms with Crippen LogP contribution >= 0.6 is 110 Å². The number of epoxide rings is 1. The van der Waals surface area contributed by atoms with E-state index >= 15 is 0 Å². The Kier molecular flexibility index (Phi) is 30.8. The number of nitrogens with zero attached hydrogens (tertiary/aromatic N) is 3. The van der Waals surface area contributed by atoms with Gasteiger partial charge in [-0.1, -0.05) is 0 Å². The Hall–Kier alpha value is -3.23. The van der Waals surface area contributed by atoms with E-state index in [-0.39, 0.29) is 58.3 Å². The van der Waals surface area contributed by atoms with E-state index in [1.807, 2.05) is 5.32 Å². The zero-order valence-corrected chi connectivity index (χ0v) is 55.6. The summed E-state index contributed by atoms with van der Waals surface area (Å²) in [5.41, 5.74) is -11.3. The van der Waals surface area contributed by atoms with Crippen LogP contribution in [0.15, 0.2) is 113 Å². The van der Waals surface area contributed by atoms with Gasteiger partial charge in [0.05, 0.1) is 68.8 Å². The van der Waals surface area contributed by atoms with Crippen molar-refractivity contribution >= 4 is 155 Å². The second kappa shape index (κ2) is 32.9. The molecule has 5 N–H and O–H groups in total. The molecule has 14 nitrogen and oxygen atoms in total. The van der Waals surface area contributed by atoms with E-state index in [1.54, 1.807) is 0 Å². The van der Waals surface area contributed by atoms with Gasteiger partial charge in [0.25, 0.3) is 17.7 Å². The van der Waals surface area contributed by atoms with E-state index in [4.69, 9.17) is 20.5 Å². The van der Waals surface area contributed by atoms with Crippen molar-refractivity contribution < 1.29 is 99.3 Å². The molecule has 1 heterocycles. The first-order chi connectivity index (χ1) is 37.0. The van der Waals surface area contributed by atoms with Crippen molar-refractivity contribution in [2.45, 2.75) is 65.9 Å². The van der Waals surface area contributed by atoms with Crippen molar-refractivity contribution in [3.8, 4) is 18.2 Å². The standard InChI is InChI=1S/C18H14F4N2O4S.C18H14F4N2O2S.C12H9F3N2O2.I3.I2.HI/c1-17(26,10-29(27,28)14-6-3-12(19)4-7-14)16(25)24-13-5-2-11(9-23)15(8-13)18(20,21)22;1-17(26,10-27-14-6-3-12(19)4-7-14)16(25)24-13-5-2-11(9-23)15(8-13)18(20,21)22;1-11(6-19-11)10(18)17-8-3-2-7(5-16)9(4-8)12(13,14)15;1-3-2;1-2;/h2-8,26H,10H2,1H3,(H,24,25);2-8,26H,10H2,1H3,(H,24,25);2-4H,6H2,1H3,(H,17,18);;;1H/q;;;-1;;. The molecule has 1 saturated heterocycles. The van der Waals surface area contributed by atoms with Crippen molar-refractivity contribution in [3.05, 3.63) is 148 Å². The van der Waals surface area contributed by atoms with Crippen LogP contribution in [0, 0.1) is 45.6 Å². The Morgan fingerprint density at radius 3 is 1.28 bits per heavy atom. The Labute approximate surface area is 530 Å². The van der Waals surface area contributed by atoms with Gasteiger partial charge in [-0.25, -0.2) is 17.2 Å². The molecule has 1 fully saturated rings. The quantitative estimate of drug-likeness (QED) is 0.0257. The second-order valence-corrected chi connectivity index (χ2v) is 35.8. The molecule has 0 bridgehead atoms. The number of alkyl halides is 9. The zero-order chi connectivity index (χ0) is 61.2.